The molecular weight excluding hydrogens is 336 g/mol. The van der Waals surface area contributed by atoms with E-state index in [0.717, 1.165) is 38.4 Å². The van der Waals surface area contributed by atoms with Crippen LogP contribution in [0, 0.1) is 13.8 Å². The van der Waals surface area contributed by atoms with Gasteiger partial charge in [0.15, 0.2) is 0 Å². The molecule has 1 aromatic heterocycles. The van der Waals surface area contributed by atoms with Gasteiger partial charge in [-0.3, -0.25) is 4.90 Å². The fourth-order valence-electron chi connectivity index (χ4n) is 3.63. The Balaban J connectivity index is 1.33. The maximum absolute atomic E-state index is 12.6. The van der Waals surface area contributed by atoms with E-state index in [-0.39, 0.29) is 6.03 Å². The minimum absolute atomic E-state index is 0.00926. The molecule has 0 unspecified atom stereocenters. The van der Waals surface area contributed by atoms with Gasteiger partial charge in [0.1, 0.15) is 0 Å². The van der Waals surface area contributed by atoms with Gasteiger partial charge in [-0.05, 0) is 48.7 Å². The molecule has 0 atom stereocenters. The fraction of sp³-hybridized carbons (Fsp3) is 0.318. The summed E-state index contributed by atoms with van der Waals surface area (Å²) >= 11 is 0. The number of aromatic nitrogens is 1. The van der Waals surface area contributed by atoms with Crippen molar-refractivity contribution in [2.75, 3.05) is 31.5 Å². The minimum Gasteiger partial charge on any atom is -0.361 e. The van der Waals surface area contributed by atoms with Gasteiger partial charge in [0.05, 0.1) is 0 Å². The lowest BCUT2D eigenvalue weighted by atomic mass is 10.1. The molecule has 1 aliphatic rings. The summed E-state index contributed by atoms with van der Waals surface area (Å²) in [5, 5.41) is 4.31. The van der Waals surface area contributed by atoms with Gasteiger partial charge in [0.2, 0.25) is 0 Å². The van der Waals surface area contributed by atoms with Gasteiger partial charge in [0.25, 0.3) is 0 Å². The number of nitrogens with one attached hydrogen (secondary N) is 2. The zero-order valence-corrected chi connectivity index (χ0v) is 16.0. The molecule has 5 nitrogen and oxygen atoms in total. The number of amides is 2. The van der Waals surface area contributed by atoms with Gasteiger partial charge in [-0.2, -0.15) is 0 Å². The molecule has 0 bridgehead atoms. The molecule has 2 N–H and O–H groups in total. The third kappa shape index (κ3) is 3.83. The molecule has 4 rings (SSSR count). The minimum atomic E-state index is -0.00926. The third-order valence-corrected chi connectivity index (χ3v) is 5.49. The van der Waals surface area contributed by atoms with Crippen LogP contribution >= 0.6 is 0 Å². The van der Waals surface area contributed by atoms with Crippen LogP contribution in [0.1, 0.15) is 16.7 Å². The van der Waals surface area contributed by atoms with Crippen LogP contribution in [0.15, 0.2) is 48.7 Å². The Morgan fingerprint density at radius 3 is 2.59 bits per heavy atom. The maximum atomic E-state index is 12.6. The highest BCUT2D eigenvalue weighted by Gasteiger charge is 2.21. The van der Waals surface area contributed by atoms with Crippen LogP contribution in [-0.2, 0) is 6.54 Å². The van der Waals surface area contributed by atoms with Crippen molar-refractivity contribution in [3.8, 4) is 0 Å². The number of H-pyrrole nitrogens is 1. The van der Waals surface area contributed by atoms with Crippen LogP contribution in [0.2, 0.25) is 0 Å². The highest BCUT2D eigenvalue weighted by Crippen LogP contribution is 2.20. The molecule has 5 heteroatoms. The van der Waals surface area contributed by atoms with Crippen LogP contribution in [-0.4, -0.2) is 47.0 Å². The summed E-state index contributed by atoms with van der Waals surface area (Å²) in [4.78, 5) is 20.2. The van der Waals surface area contributed by atoms with Crippen LogP contribution in [0.5, 0.6) is 0 Å². The zero-order chi connectivity index (χ0) is 18.8. The van der Waals surface area contributed by atoms with E-state index in [0.29, 0.717) is 0 Å². The Morgan fingerprint density at radius 1 is 1.04 bits per heavy atom. The van der Waals surface area contributed by atoms with E-state index < -0.39 is 0 Å². The van der Waals surface area contributed by atoms with E-state index in [1.54, 1.807) is 0 Å². The molecule has 0 saturated carbocycles. The van der Waals surface area contributed by atoms with Gasteiger partial charge < -0.3 is 15.2 Å². The highest BCUT2D eigenvalue weighted by molar-refractivity contribution is 5.89. The second-order valence-electron chi connectivity index (χ2n) is 7.35. The van der Waals surface area contributed by atoms with Gasteiger partial charge in [-0.1, -0.05) is 24.3 Å². The second kappa shape index (κ2) is 7.45. The zero-order valence-electron chi connectivity index (χ0n) is 16.0. The van der Waals surface area contributed by atoms with E-state index in [1.807, 2.05) is 23.1 Å². The summed E-state index contributed by atoms with van der Waals surface area (Å²) in [5.41, 5.74) is 5.79. The SMILES string of the molecule is Cc1ccc(NC(=O)N2CCN(Cc3c[nH]c4ccccc34)CC2)cc1C. The highest BCUT2D eigenvalue weighted by atomic mass is 16.2. The van der Waals surface area contributed by atoms with E-state index in [1.165, 1.54) is 27.6 Å². The quantitative estimate of drug-likeness (QED) is 0.736. The van der Waals surface area contributed by atoms with Crippen molar-refractivity contribution in [1.82, 2.24) is 14.8 Å². The number of aryl methyl sites for hydroxylation is 2. The topological polar surface area (TPSA) is 51.4 Å². The first kappa shape index (κ1) is 17.6. The van der Waals surface area contributed by atoms with Crippen molar-refractivity contribution >= 4 is 22.6 Å². The Bertz CT molecular complexity index is 954. The van der Waals surface area contributed by atoms with E-state index in [4.69, 9.17) is 0 Å². The van der Waals surface area contributed by atoms with E-state index in [2.05, 4.69) is 59.5 Å². The number of carbonyl (C=O) groups excluding carboxylic acids is 1. The summed E-state index contributed by atoms with van der Waals surface area (Å²) < 4.78 is 0. The predicted molar refractivity (Wildman–Crippen MR) is 110 cm³/mol. The number of rotatable bonds is 3. The number of anilines is 1. The van der Waals surface area contributed by atoms with Crippen LogP contribution in [0.3, 0.4) is 0 Å². The van der Waals surface area contributed by atoms with Crippen molar-refractivity contribution in [2.24, 2.45) is 0 Å². The average molecular weight is 362 g/mol. The predicted octanol–water partition coefficient (Wildman–Crippen LogP) is 4.13. The summed E-state index contributed by atoms with van der Waals surface area (Å²) in [6.45, 7) is 8.33. The molecule has 1 fully saturated rings. The van der Waals surface area contributed by atoms with Crippen molar-refractivity contribution in [3.05, 3.63) is 65.4 Å². The van der Waals surface area contributed by atoms with Crippen molar-refractivity contribution in [1.29, 1.82) is 0 Å². The molecule has 0 aliphatic carbocycles. The second-order valence-corrected chi connectivity index (χ2v) is 7.35. The average Bonchev–Trinajstić information content (AvgIpc) is 3.08. The normalized spacial score (nSPS) is 15.3. The molecular formula is C22H26N4O. The third-order valence-electron chi connectivity index (χ3n) is 5.49. The molecule has 0 spiro atoms. The smallest absolute Gasteiger partial charge is 0.321 e. The number of para-hydroxylation sites is 1. The maximum Gasteiger partial charge on any atom is 0.321 e. The first-order chi connectivity index (χ1) is 13.1. The van der Waals surface area contributed by atoms with Gasteiger partial charge in [0, 0.05) is 55.5 Å². The van der Waals surface area contributed by atoms with Crippen molar-refractivity contribution < 1.29 is 4.79 Å². The molecule has 3 aromatic rings. The number of nitrogens with zero attached hydrogens (tertiary/aromatic N) is 2. The Kier molecular flexibility index (Phi) is 4.86. The van der Waals surface area contributed by atoms with Crippen LogP contribution in [0.4, 0.5) is 10.5 Å². The Labute approximate surface area is 160 Å². The molecule has 2 heterocycles. The standard InChI is InChI=1S/C22H26N4O/c1-16-7-8-19(13-17(16)2)24-22(27)26-11-9-25(10-12-26)15-18-14-23-21-6-4-3-5-20(18)21/h3-8,13-14,23H,9-12,15H2,1-2H3,(H,24,27). The fourth-order valence-corrected chi connectivity index (χ4v) is 3.63. The number of hydrogen-bond donors (Lipinski definition) is 2. The largest absolute Gasteiger partial charge is 0.361 e. The van der Waals surface area contributed by atoms with Crippen LogP contribution < -0.4 is 5.32 Å². The lowest BCUT2D eigenvalue weighted by Crippen LogP contribution is -2.49. The summed E-state index contributed by atoms with van der Waals surface area (Å²) in [5.74, 6) is 0. The monoisotopic (exact) mass is 362 g/mol. The van der Waals surface area contributed by atoms with E-state index >= 15 is 0 Å². The summed E-state index contributed by atoms with van der Waals surface area (Å²) in [6.07, 6.45) is 2.10. The first-order valence-corrected chi connectivity index (χ1v) is 9.51. The molecule has 1 saturated heterocycles. The van der Waals surface area contributed by atoms with Gasteiger partial charge >= 0.3 is 6.03 Å². The summed E-state index contributed by atoms with van der Waals surface area (Å²) in [6, 6.07) is 14.4. The van der Waals surface area contributed by atoms with Crippen molar-refractivity contribution in [2.45, 2.75) is 20.4 Å². The molecule has 2 aromatic carbocycles. The number of urea groups is 1. The first-order valence-electron chi connectivity index (χ1n) is 9.51. The van der Waals surface area contributed by atoms with Crippen LogP contribution in [0.25, 0.3) is 10.9 Å². The molecule has 27 heavy (non-hydrogen) atoms. The molecule has 1 aliphatic heterocycles. The number of carbonyl (C=O) groups is 1. The van der Waals surface area contributed by atoms with Gasteiger partial charge in [-0.25, -0.2) is 4.79 Å². The molecule has 0 radical (unpaired) electrons. The van der Waals surface area contributed by atoms with E-state index in [9.17, 15) is 4.79 Å². The number of hydrogen-bond acceptors (Lipinski definition) is 2. The Morgan fingerprint density at radius 2 is 1.81 bits per heavy atom. The number of piperazine rings is 1. The lowest BCUT2D eigenvalue weighted by Gasteiger charge is -2.34. The number of benzene rings is 2. The number of fused-ring (bicyclic) bond motifs is 1. The number of aromatic amines is 1. The van der Waals surface area contributed by atoms with Gasteiger partial charge in [-0.15, -0.1) is 0 Å². The summed E-state index contributed by atoms with van der Waals surface area (Å²) in [7, 11) is 0. The lowest BCUT2D eigenvalue weighted by molar-refractivity contribution is 0.143. The molecule has 2 amide bonds. The van der Waals surface area contributed by atoms with Crippen molar-refractivity contribution in [3.63, 3.8) is 0 Å². The molecule has 140 valence electrons. The Hall–Kier alpha value is -2.79.